The SMILES string of the molecule is C=CCN1CC[Si](C)(NC)CC1. The van der Waals surface area contributed by atoms with Crippen molar-refractivity contribution in [3.05, 3.63) is 12.7 Å². The van der Waals surface area contributed by atoms with E-state index in [-0.39, 0.29) is 0 Å². The highest BCUT2D eigenvalue weighted by molar-refractivity contribution is 6.76. The molecular formula is C9H20N2Si. The van der Waals surface area contributed by atoms with E-state index in [4.69, 9.17) is 0 Å². The monoisotopic (exact) mass is 184 g/mol. The zero-order chi connectivity index (χ0) is 9.03. The van der Waals surface area contributed by atoms with Crippen molar-refractivity contribution < 1.29 is 0 Å². The topological polar surface area (TPSA) is 15.3 Å². The molecule has 0 aromatic heterocycles. The van der Waals surface area contributed by atoms with E-state index in [2.05, 4.69) is 30.1 Å². The summed E-state index contributed by atoms with van der Waals surface area (Å²) in [6.07, 6.45) is 2.00. The first-order valence-electron chi connectivity index (χ1n) is 4.72. The molecule has 1 rings (SSSR count). The fraction of sp³-hybridized carbons (Fsp3) is 0.778. The first-order chi connectivity index (χ1) is 5.70. The molecule has 3 heteroatoms. The molecule has 1 aliphatic heterocycles. The summed E-state index contributed by atoms with van der Waals surface area (Å²) in [4.78, 5) is 6.01. The molecule has 0 aliphatic carbocycles. The minimum Gasteiger partial charge on any atom is -0.340 e. The van der Waals surface area contributed by atoms with Crippen molar-refractivity contribution in [3.63, 3.8) is 0 Å². The number of nitrogens with zero attached hydrogens (tertiary/aromatic N) is 1. The highest BCUT2D eigenvalue weighted by Crippen LogP contribution is 2.18. The molecule has 1 N–H and O–H groups in total. The third-order valence-electron chi connectivity index (χ3n) is 2.95. The van der Waals surface area contributed by atoms with Crippen LogP contribution in [0.25, 0.3) is 0 Å². The van der Waals surface area contributed by atoms with Gasteiger partial charge in [-0.15, -0.1) is 6.58 Å². The summed E-state index contributed by atoms with van der Waals surface area (Å²) in [6.45, 7) is 9.79. The van der Waals surface area contributed by atoms with Gasteiger partial charge in [-0.3, -0.25) is 0 Å². The molecule has 1 heterocycles. The lowest BCUT2D eigenvalue weighted by Crippen LogP contribution is -2.53. The van der Waals surface area contributed by atoms with Crippen LogP contribution in [-0.2, 0) is 0 Å². The van der Waals surface area contributed by atoms with Gasteiger partial charge in [0.2, 0.25) is 0 Å². The molecule has 0 atom stereocenters. The second-order valence-electron chi connectivity index (χ2n) is 3.90. The van der Waals surface area contributed by atoms with Crippen LogP contribution in [0.3, 0.4) is 0 Å². The van der Waals surface area contributed by atoms with Crippen molar-refractivity contribution in [2.75, 3.05) is 26.7 Å². The zero-order valence-corrected chi connectivity index (χ0v) is 9.27. The van der Waals surface area contributed by atoms with Crippen molar-refractivity contribution in [1.29, 1.82) is 0 Å². The maximum Gasteiger partial charge on any atom is 0.124 e. The molecule has 0 saturated carbocycles. The van der Waals surface area contributed by atoms with Crippen molar-refractivity contribution in [3.8, 4) is 0 Å². The van der Waals surface area contributed by atoms with Crippen LogP contribution < -0.4 is 4.98 Å². The fourth-order valence-electron chi connectivity index (χ4n) is 1.66. The highest BCUT2D eigenvalue weighted by atomic mass is 28.3. The van der Waals surface area contributed by atoms with Crippen molar-refractivity contribution in [2.24, 2.45) is 0 Å². The number of hydrogen-bond acceptors (Lipinski definition) is 2. The van der Waals surface area contributed by atoms with Crippen LogP contribution in [-0.4, -0.2) is 39.8 Å². The minimum atomic E-state index is -1.01. The molecule has 0 aromatic carbocycles. The molecular weight excluding hydrogens is 164 g/mol. The summed E-state index contributed by atoms with van der Waals surface area (Å²) in [6, 6.07) is 2.77. The van der Waals surface area contributed by atoms with Crippen LogP contribution >= 0.6 is 0 Å². The van der Waals surface area contributed by atoms with E-state index in [0.717, 1.165) is 6.54 Å². The second-order valence-corrected chi connectivity index (χ2v) is 8.52. The van der Waals surface area contributed by atoms with Gasteiger partial charge in [0, 0.05) is 6.54 Å². The molecule has 12 heavy (non-hydrogen) atoms. The Bertz CT molecular complexity index is 151. The van der Waals surface area contributed by atoms with Gasteiger partial charge in [-0.05, 0) is 32.2 Å². The molecule has 2 nitrogen and oxygen atoms in total. The molecule has 0 bridgehead atoms. The molecule has 0 unspecified atom stereocenters. The van der Waals surface area contributed by atoms with Gasteiger partial charge in [-0.25, -0.2) is 0 Å². The maximum absolute atomic E-state index is 3.77. The van der Waals surface area contributed by atoms with Gasteiger partial charge in [0.1, 0.15) is 8.24 Å². The third kappa shape index (κ3) is 2.44. The van der Waals surface area contributed by atoms with Gasteiger partial charge in [0.15, 0.2) is 0 Å². The Morgan fingerprint density at radius 3 is 2.50 bits per heavy atom. The summed E-state index contributed by atoms with van der Waals surface area (Å²) in [7, 11) is 1.11. The van der Waals surface area contributed by atoms with E-state index in [0.29, 0.717) is 0 Å². The van der Waals surface area contributed by atoms with Crippen LogP contribution in [0.5, 0.6) is 0 Å². The maximum atomic E-state index is 3.77. The van der Waals surface area contributed by atoms with E-state index in [1.807, 2.05) is 6.08 Å². The van der Waals surface area contributed by atoms with Gasteiger partial charge < -0.3 is 9.88 Å². The predicted molar refractivity (Wildman–Crippen MR) is 56.9 cm³/mol. The minimum absolute atomic E-state index is 1.01. The fourth-order valence-corrected chi connectivity index (χ4v) is 4.03. The second kappa shape index (κ2) is 4.21. The average Bonchev–Trinajstić information content (AvgIpc) is 2.10. The Morgan fingerprint density at radius 1 is 1.50 bits per heavy atom. The molecule has 70 valence electrons. The van der Waals surface area contributed by atoms with Crippen LogP contribution in [0.4, 0.5) is 0 Å². The summed E-state index contributed by atoms with van der Waals surface area (Å²) >= 11 is 0. The molecule has 0 radical (unpaired) electrons. The number of hydrogen-bond donors (Lipinski definition) is 1. The average molecular weight is 184 g/mol. The van der Waals surface area contributed by atoms with Crippen LogP contribution in [0.1, 0.15) is 0 Å². The van der Waals surface area contributed by atoms with E-state index in [1.54, 1.807) is 0 Å². The Labute approximate surface area is 76.7 Å². The number of nitrogens with one attached hydrogen (secondary N) is 1. The summed E-state index contributed by atoms with van der Waals surface area (Å²) in [5, 5.41) is 0. The molecule has 0 amide bonds. The largest absolute Gasteiger partial charge is 0.340 e. The standard InChI is InChI=1S/C9H20N2Si/c1-4-5-11-6-8-12(3,10-2)9-7-11/h4,10H,1,5-9H2,2-3H3. The van der Waals surface area contributed by atoms with Crippen LogP contribution in [0.15, 0.2) is 12.7 Å². The van der Waals surface area contributed by atoms with E-state index in [1.165, 1.54) is 25.2 Å². The van der Waals surface area contributed by atoms with Crippen molar-refractivity contribution in [2.45, 2.75) is 18.6 Å². The Morgan fingerprint density at radius 2 is 2.08 bits per heavy atom. The Balaban J connectivity index is 2.33. The first kappa shape index (κ1) is 9.96. The van der Waals surface area contributed by atoms with Crippen molar-refractivity contribution in [1.82, 2.24) is 9.88 Å². The molecule has 0 aromatic rings. The zero-order valence-electron chi connectivity index (χ0n) is 8.27. The Kier molecular flexibility index (Phi) is 3.49. The first-order valence-corrected chi connectivity index (χ1v) is 7.64. The molecule has 1 aliphatic rings. The molecule has 1 saturated heterocycles. The van der Waals surface area contributed by atoms with Gasteiger partial charge >= 0.3 is 0 Å². The summed E-state index contributed by atoms with van der Waals surface area (Å²) in [5.74, 6) is 0. The highest BCUT2D eigenvalue weighted by Gasteiger charge is 2.30. The lowest BCUT2D eigenvalue weighted by atomic mass is 10.4. The van der Waals surface area contributed by atoms with Gasteiger partial charge in [0.05, 0.1) is 0 Å². The van der Waals surface area contributed by atoms with E-state index in [9.17, 15) is 0 Å². The quantitative estimate of drug-likeness (QED) is 0.525. The van der Waals surface area contributed by atoms with Crippen LogP contribution in [0, 0.1) is 0 Å². The number of rotatable bonds is 3. The smallest absolute Gasteiger partial charge is 0.124 e. The van der Waals surface area contributed by atoms with E-state index < -0.39 is 8.24 Å². The Hall–Kier alpha value is -0.123. The molecule has 1 fully saturated rings. The van der Waals surface area contributed by atoms with Crippen LogP contribution in [0.2, 0.25) is 18.6 Å². The summed E-state index contributed by atoms with van der Waals surface area (Å²) in [5.41, 5.74) is 0. The molecule has 0 spiro atoms. The van der Waals surface area contributed by atoms with E-state index >= 15 is 0 Å². The lowest BCUT2D eigenvalue weighted by Gasteiger charge is -2.37. The third-order valence-corrected chi connectivity index (χ3v) is 6.81. The van der Waals surface area contributed by atoms with Gasteiger partial charge in [-0.2, -0.15) is 0 Å². The van der Waals surface area contributed by atoms with Gasteiger partial charge in [0.25, 0.3) is 0 Å². The van der Waals surface area contributed by atoms with Crippen molar-refractivity contribution >= 4 is 8.24 Å². The van der Waals surface area contributed by atoms with Gasteiger partial charge in [-0.1, -0.05) is 12.6 Å². The summed E-state index contributed by atoms with van der Waals surface area (Å²) < 4.78 is 0. The predicted octanol–water partition coefficient (Wildman–Crippen LogP) is 1.28. The normalized spacial score (nSPS) is 23.8. The lowest BCUT2D eigenvalue weighted by molar-refractivity contribution is 0.319.